The van der Waals surface area contributed by atoms with E-state index >= 15 is 0 Å². The molecular formula is C11H18O3. The van der Waals surface area contributed by atoms with Gasteiger partial charge in [0.05, 0.1) is 0 Å². The molecule has 0 bridgehead atoms. The van der Waals surface area contributed by atoms with E-state index in [1.54, 1.807) is 0 Å². The molecule has 0 fully saturated rings. The van der Waals surface area contributed by atoms with Crippen LogP contribution in [-0.4, -0.2) is 25.8 Å². The van der Waals surface area contributed by atoms with E-state index in [-0.39, 0.29) is 18.7 Å². The van der Waals surface area contributed by atoms with Gasteiger partial charge in [-0.2, -0.15) is 0 Å². The van der Waals surface area contributed by atoms with Crippen molar-refractivity contribution in [3.63, 3.8) is 0 Å². The Labute approximate surface area is 85.4 Å². The SMILES string of the molecule is COCC(=O)OC(C)/C=C/C=C(C)C. The first-order chi connectivity index (χ1) is 6.56. The molecule has 0 aliphatic heterocycles. The smallest absolute Gasteiger partial charge is 0.332 e. The van der Waals surface area contributed by atoms with Crippen LogP contribution in [0.2, 0.25) is 0 Å². The summed E-state index contributed by atoms with van der Waals surface area (Å²) in [6, 6.07) is 0. The van der Waals surface area contributed by atoms with Gasteiger partial charge in [0.1, 0.15) is 12.7 Å². The average Bonchev–Trinajstić information content (AvgIpc) is 2.03. The zero-order valence-corrected chi connectivity index (χ0v) is 9.24. The van der Waals surface area contributed by atoms with Crippen molar-refractivity contribution in [1.82, 2.24) is 0 Å². The van der Waals surface area contributed by atoms with E-state index < -0.39 is 0 Å². The second-order valence-electron chi connectivity index (χ2n) is 3.26. The van der Waals surface area contributed by atoms with E-state index in [2.05, 4.69) is 4.74 Å². The summed E-state index contributed by atoms with van der Waals surface area (Å²) in [5, 5.41) is 0. The van der Waals surface area contributed by atoms with Crippen molar-refractivity contribution in [3.05, 3.63) is 23.8 Å². The van der Waals surface area contributed by atoms with Crippen LogP contribution in [-0.2, 0) is 14.3 Å². The minimum absolute atomic E-state index is 0.000818. The number of hydrogen-bond acceptors (Lipinski definition) is 3. The Hall–Kier alpha value is -1.09. The molecule has 0 radical (unpaired) electrons. The van der Waals surface area contributed by atoms with Gasteiger partial charge < -0.3 is 9.47 Å². The Bertz CT molecular complexity index is 225. The second-order valence-corrected chi connectivity index (χ2v) is 3.26. The summed E-state index contributed by atoms with van der Waals surface area (Å²) in [7, 11) is 1.46. The Morgan fingerprint density at radius 2 is 2.07 bits per heavy atom. The van der Waals surface area contributed by atoms with Crippen LogP contribution in [0.15, 0.2) is 23.8 Å². The zero-order valence-electron chi connectivity index (χ0n) is 9.24. The molecule has 80 valence electrons. The molecular weight excluding hydrogens is 180 g/mol. The lowest BCUT2D eigenvalue weighted by molar-refractivity contribution is -0.150. The molecule has 0 aromatic carbocycles. The third kappa shape index (κ3) is 7.55. The maximum atomic E-state index is 11.0. The number of allylic oxidation sites excluding steroid dienone is 3. The van der Waals surface area contributed by atoms with Gasteiger partial charge in [0.2, 0.25) is 0 Å². The summed E-state index contributed by atoms with van der Waals surface area (Å²) >= 11 is 0. The summed E-state index contributed by atoms with van der Waals surface area (Å²) in [5.74, 6) is -0.346. The topological polar surface area (TPSA) is 35.5 Å². The van der Waals surface area contributed by atoms with Crippen LogP contribution in [0.1, 0.15) is 20.8 Å². The molecule has 0 spiro atoms. The molecule has 3 nitrogen and oxygen atoms in total. The Balaban J connectivity index is 3.86. The first-order valence-corrected chi connectivity index (χ1v) is 4.56. The first-order valence-electron chi connectivity index (χ1n) is 4.56. The van der Waals surface area contributed by atoms with E-state index in [9.17, 15) is 4.79 Å². The fraction of sp³-hybridized carbons (Fsp3) is 0.545. The minimum atomic E-state index is -0.346. The monoisotopic (exact) mass is 198 g/mol. The average molecular weight is 198 g/mol. The second kappa shape index (κ2) is 7.33. The van der Waals surface area contributed by atoms with Crippen LogP contribution >= 0.6 is 0 Å². The number of rotatable bonds is 5. The molecule has 0 amide bonds. The highest BCUT2D eigenvalue weighted by molar-refractivity contribution is 5.71. The van der Waals surface area contributed by atoms with Crippen LogP contribution < -0.4 is 0 Å². The minimum Gasteiger partial charge on any atom is -0.457 e. The fourth-order valence-corrected chi connectivity index (χ4v) is 0.803. The maximum absolute atomic E-state index is 11.0. The van der Waals surface area contributed by atoms with Crippen LogP contribution in [0.3, 0.4) is 0 Å². The molecule has 1 unspecified atom stereocenters. The van der Waals surface area contributed by atoms with Crippen LogP contribution in [0.5, 0.6) is 0 Å². The van der Waals surface area contributed by atoms with Crippen molar-refractivity contribution in [1.29, 1.82) is 0 Å². The predicted octanol–water partition coefficient (Wildman–Crippen LogP) is 2.09. The normalized spacial score (nSPS) is 12.6. The lowest BCUT2D eigenvalue weighted by Crippen LogP contribution is -2.16. The summed E-state index contributed by atoms with van der Waals surface area (Å²) in [5.41, 5.74) is 1.21. The zero-order chi connectivity index (χ0) is 11.0. The number of carbonyl (C=O) groups is 1. The van der Waals surface area contributed by atoms with Gasteiger partial charge in [0.15, 0.2) is 0 Å². The highest BCUT2D eigenvalue weighted by Crippen LogP contribution is 1.96. The first kappa shape index (κ1) is 12.9. The molecule has 0 aliphatic carbocycles. The third-order valence-electron chi connectivity index (χ3n) is 1.39. The highest BCUT2D eigenvalue weighted by Gasteiger charge is 2.04. The Kier molecular flexibility index (Phi) is 6.76. The molecule has 0 aromatic heterocycles. The van der Waals surface area contributed by atoms with Gasteiger partial charge in [-0.05, 0) is 26.8 Å². The van der Waals surface area contributed by atoms with Gasteiger partial charge in [-0.1, -0.05) is 17.7 Å². The summed E-state index contributed by atoms with van der Waals surface area (Å²) < 4.78 is 9.63. The summed E-state index contributed by atoms with van der Waals surface area (Å²) in [6.45, 7) is 5.82. The van der Waals surface area contributed by atoms with Crippen LogP contribution in [0, 0.1) is 0 Å². The number of methoxy groups -OCH3 is 1. The van der Waals surface area contributed by atoms with Crippen molar-refractivity contribution >= 4 is 5.97 Å². The van der Waals surface area contributed by atoms with E-state index in [4.69, 9.17) is 4.74 Å². The summed E-state index contributed by atoms with van der Waals surface area (Å²) in [6.07, 6.45) is 5.44. The molecule has 0 saturated carbocycles. The standard InChI is InChI=1S/C11H18O3/c1-9(2)6-5-7-10(3)14-11(12)8-13-4/h5-7,10H,8H2,1-4H3/b7-5+. The van der Waals surface area contributed by atoms with Gasteiger partial charge >= 0.3 is 5.97 Å². The molecule has 0 aromatic rings. The van der Waals surface area contributed by atoms with Crippen LogP contribution in [0.25, 0.3) is 0 Å². The van der Waals surface area contributed by atoms with Crippen molar-refractivity contribution in [2.75, 3.05) is 13.7 Å². The van der Waals surface area contributed by atoms with E-state index in [0.717, 1.165) is 0 Å². The Morgan fingerprint density at radius 3 is 2.57 bits per heavy atom. The molecule has 1 atom stereocenters. The predicted molar refractivity (Wildman–Crippen MR) is 56.0 cm³/mol. The summed E-state index contributed by atoms with van der Waals surface area (Å²) in [4.78, 5) is 11.0. The molecule has 0 N–H and O–H groups in total. The largest absolute Gasteiger partial charge is 0.457 e. The molecule has 0 saturated heterocycles. The van der Waals surface area contributed by atoms with Gasteiger partial charge in [-0.3, -0.25) is 0 Å². The highest BCUT2D eigenvalue weighted by atomic mass is 16.6. The lowest BCUT2D eigenvalue weighted by Gasteiger charge is -2.07. The fourth-order valence-electron chi connectivity index (χ4n) is 0.803. The number of esters is 1. The van der Waals surface area contributed by atoms with Gasteiger partial charge in [-0.25, -0.2) is 4.79 Å². The van der Waals surface area contributed by atoms with Crippen LogP contribution in [0.4, 0.5) is 0 Å². The van der Waals surface area contributed by atoms with Gasteiger partial charge in [0, 0.05) is 7.11 Å². The van der Waals surface area contributed by atoms with E-state index in [1.807, 2.05) is 39.0 Å². The van der Waals surface area contributed by atoms with Crippen molar-refractivity contribution in [2.24, 2.45) is 0 Å². The van der Waals surface area contributed by atoms with Crippen molar-refractivity contribution < 1.29 is 14.3 Å². The lowest BCUT2D eigenvalue weighted by atomic mass is 10.3. The number of ether oxygens (including phenoxy) is 2. The van der Waals surface area contributed by atoms with Gasteiger partial charge in [0.25, 0.3) is 0 Å². The third-order valence-corrected chi connectivity index (χ3v) is 1.39. The molecule has 14 heavy (non-hydrogen) atoms. The van der Waals surface area contributed by atoms with E-state index in [0.29, 0.717) is 0 Å². The number of carbonyl (C=O) groups excluding carboxylic acids is 1. The molecule has 3 heteroatoms. The molecule has 0 heterocycles. The van der Waals surface area contributed by atoms with Gasteiger partial charge in [-0.15, -0.1) is 0 Å². The quantitative estimate of drug-likeness (QED) is 0.501. The number of hydrogen-bond donors (Lipinski definition) is 0. The Morgan fingerprint density at radius 1 is 1.43 bits per heavy atom. The van der Waals surface area contributed by atoms with Crippen molar-refractivity contribution in [3.8, 4) is 0 Å². The van der Waals surface area contributed by atoms with Crippen molar-refractivity contribution in [2.45, 2.75) is 26.9 Å². The van der Waals surface area contributed by atoms with E-state index in [1.165, 1.54) is 12.7 Å². The molecule has 0 aliphatic rings. The molecule has 0 rings (SSSR count). The maximum Gasteiger partial charge on any atom is 0.332 e.